The van der Waals surface area contributed by atoms with Gasteiger partial charge in [0.2, 0.25) is 5.91 Å². The molecule has 6 heteroatoms. The number of hydrogen-bond donors (Lipinski definition) is 2. The van der Waals surface area contributed by atoms with E-state index >= 15 is 0 Å². The third kappa shape index (κ3) is 5.05. The van der Waals surface area contributed by atoms with Crippen LogP contribution in [0.2, 0.25) is 0 Å². The Kier molecular flexibility index (Phi) is 8.72. The van der Waals surface area contributed by atoms with Crippen molar-refractivity contribution in [3.05, 3.63) is 35.5 Å². The van der Waals surface area contributed by atoms with E-state index in [0.29, 0.717) is 61.2 Å². The van der Waals surface area contributed by atoms with Gasteiger partial charge in [-0.1, -0.05) is 58.9 Å². The Hall–Kier alpha value is -1.95. The summed E-state index contributed by atoms with van der Waals surface area (Å²) in [6, 6.07) is 0. The molecule has 0 radical (unpaired) electrons. The number of nitrogens with one attached hydrogen (secondary N) is 1. The minimum absolute atomic E-state index is 0.00425. The molecule has 0 aromatic rings. The van der Waals surface area contributed by atoms with Crippen LogP contribution in [-0.2, 0) is 9.59 Å². The molecule has 10 unspecified atom stereocenters. The highest BCUT2D eigenvalue weighted by Crippen LogP contribution is 2.76. The van der Waals surface area contributed by atoms with Crippen molar-refractivity contribution in [3.8, 4) is 0 Å². The number of rotatable bonds is 8. The summed E-state index contributed by atoms with van der Waals surface area (Å²) in [5.74, 6) is 2.41. The number of carbonyl (C=O) groups is 2. The summed E-state index contributed by atoms with van der Waals surface area (Å²) in [4.78, 5) is 26.4. The summed E-state index contributed by atoms with van der Waals surface area (Å²) < 4.78 is 14.0. The Morgan fingerprint density at radius 3 is 2.37 bits per heavy atom. The molecule has 7 rings (SSSR count). The molecule has 1 heterocycles. The van der Waals surface area contributed by atoms with Crippen LogP contribution in [0.4, 0.5) is 4.39 Å². The van der Waals surface area contributed by atoms with Crippen molar-refractivity contribution in [2.45, 2.75) is 137 Å². The zero-order valence-electron chi connectivity index (χ0n) is 31.6. The number of alkyl halides is 1. The van der Waals surface area contributed by atoms with E-state index in [2.05, 4.69) is 70.5 Å². The van der Waals surface area contributed by atoms with Crippen LogP contribution in [0.25, 0.3) is 0 Å². The molecule has 272 valence electrons. The van der Waals surface area contributed by atoms with Gasteiger partial charge in [0.15, 0.2) is 0 Å². The van der Waals surface area contributed by atoms with Gasteiger partial charge >= 0.3 is 5.97 Å². The van der Waals surface area contributed by atoms with Gasteiger partial charge in [-0.05, 0) is 153 Å². The quantitative estimate of drug-likeness (QED) is 0.252. The van der Waals surface area contributed by atoms with E-state index in [4.69, 9.17) is 0 Å². The summed E-state index contributed by atoms with van der Waals surface area (Å²) in [6.07, 6.45) is 18.8. The van der Waals surface area contributed by atoms with Crippen molar-refractivity contribution in [1.82, 2.24) is 10.2 Å². The number of halogens is 1. The van der Waals surface area contributed by atoms with Crippen LogP contribution in [0.1, 0.15) is 131 Å². The Balaban J connectivity index is 1.16. The monoisotopic (exact) mass is 676 g/mol. The zero-order chi connectivity index (χ0) is 35.2. The lowest BCUT2D eigenvalue weighted by molar-refractivity contribution is -0.221. The fourth-order valence-corrected chi connectivity index (χ4v) is 14.5. The minimum atomic E-state index is -1.25. The molecule has 0 aromatic carbocycles. The lowest BCUT2D eigenvalue weighted by Gasteiger charge is -2.72. The molecule has 6 aliphatic carbocycles. The van der Waals surface area contributed by atoms with E-state index in [1.807, 2.05) is 0 Å². The molecule has 0 bridgehead atoms. The lowest BCUT2D eigenvalue weighted by Crippen LogP contribution is -2.68. The van der Waals surface area contributed by atoms with Gasteiger partial charge in [0.25, 0.3) is 0 Å². The molecular weight excluding hydrogens is 611 g/mol. The Labute approximate surface area is 296 Å². The SMILES string of the molecule is C=C(C)C1CCC2(NCCN3CCCC3=O)CCC3(C)C(CCC4C5(C)CC=C(C6=CCC(CF)(C(=O)O)CC6)C(C)(C)C5CCC43C)C12. The van der Waals surface area contributed by atoms with Crippen molar-refractivity contribution >= 4 is 11.9 Å². The molecule has 1 aliphatic heterocycles. The molecule has 0 spiro atoms. The number of amides is 1. The van der Waals surface area contributed by atoms with Crippen LogP contribution < -0.4 is 5.32 Å². The van der Waals surface area contributed by atoms with Gasteiger partial charge in [0.1, 0.15) is 6.67 Å². The molecule has 5 nitrogen and oxygen atoms in total. The molecule has 4 saturated carbocycles. The van der Waals surface area contributed by atoms with Gasteiger partial charge in [0, 0.05) is 31.6 Å². The first-order chi connectivity index (χ1) is 23.1. The van der Waals surface area contributed by atoms with Gasteiger partial charge in [-0.15, -0.1) is 0 Å². The minimum Gasteiger partial charge on any atom is -0.481 e. The van der Waals surface area contributed by atoms with Gasteiger partial charge in [-0.25, -0.2) is 4.39 Å². The normalized spacial score (nSPS) is 45.8. The maximum atomic E-state index is 14.0. The molecule has 2 N–H and O–H groups in total. The van der Waals surface area contributed by atoms with Crippen molar-refractivity contribution < 1.29 is 19.1 Å². The smallest absolute Gasteiger partial charge is 0.312 e. The topological polar surface area (TPSA) is 69.6 Å². The van der Waals surface area contributed by atoms with Crippen LogP contribution in [0.5, 0.6) is 0 Å². The maximum absolute atomic E-state index is 14.0. The first kappa shape index (κ1) is 35.5. The Morgan fingerprint density at radius 2 is 1.73 bits per heavy atom. The number of nitrogens with zero attached hydrogens (tertiary/aromatic N) is 1. The van der Waals surface area contributed by atoms with Crippen LogP contribution in [0, 0.1) is 56.7 Å². The lowest BCUT2D eigenvalue weighted by atomic mass is 9.33. The molecule has 1 saturated heterocycles. The predicted molar refractivity (Wildman–Crippen MR) is 195 cm³/mol. The van der Waals surface area contributed by atoms with Crippen molar-refractivity contribution in [1.29, 1.82) is 0 Å². The third-order valence-corrected chi connectivity index (χ3v) is 17.3. The second kappa shape index (κ2) is 12.1. The standard InChI is InChI=1S/C43H65FN2O3/c1-28(2)30-14-21-43(45-24-26-46-25-8-9-35(46)47)23-22-40(6)32(36(30)43)10-11-34-39(5)17-15-31(38(3,4)33(39)16-18-41(34,40)7)29-12-19-42(27-44,20-13-29)37(48)49/h12,15,30,32-34,36,45H,1,8-11,13-14,16-27H2,2-7H3,(H,48,49). The highest BCUT2D eigenvalue weighted by atomic mass is 19.1. The van der Waals surface area contributed by atoms with Crippen molar-refractivity contribution in [3.63, 3.8) is 0 Å². The average Bonchev–Trinajstić information content (AvgIpc) is 3.65. The Morgan fingerprint density at radius 1 is 0.959 bits per heavy atom. The van der Waals surface area contributed by atoms with Gasteiger partial charge in [-0.3, -0.25) is 9.59 Å². The largest absolute Gasteiger partial charge is 0.481 e. The second-order valence-corrected chi connectivity index (χ2v) is 19.4. The van der Waals surface area contributed by atoms with E-state index in [0.717, 1.165) is 32.5 Å². The second-order valence-electron chi connectivity index (χ2n) is 19.4. The number of aliphatic carboxylic acids is 1. The van der Waals surface area contributed by atoms with E-state index in [1.54, 1.807) is 0 Å². The fraction of sp³-hybridized carbons (Fsp3) is 0.814. The summed E-state index contributed by atoms with van der Waals surface area (Å²) in [5.41, 5.74) is 3.71. The molecule has 0 aromatic heterocycles. The molecular formula is C43H65FN2O3. The van der Waals surface area contributed by atoms with Crippen molar-refractivity contribution in [2.24, 2.45) is 56.7 Å². The number of hydrogen-bond acceptors (Lipinski definition) is 3. The van der Waals surface area contributed by atoms with Gasteiger partial charge in [0.05, 0.1) is 5.41 Å². The number of allylic oxidation sites excluding steroid dienone is 5. The number of fused-ring (bicyclic) bond motifs is 7. The Bertz CT molecular complexity index is 1450. The van der Waals surface area contributed by atoms with E-state index in [-0.39, 0.29) is 27.2 Å². The van der Waals surface area contributed by atoms with Crippen molar-refractivity contribution in [2.75, 3.05) is 26.3 Å². The fourth-order valence-electron chi connectivity index (χ4n) is 14.5. The van der Waals surface area contributed by atoms with E-state index in [9.17, 15) is 19.1 Å². The molecule has 10 atom stereocenters. The van der Waals surface area contributed by atoms with Gasteiger partial charge in [-0.2, -0.15) is 0 Å². The highest BCUT2D eigenvalue weighted by Gasteiger charge is 2.70. The summed E-state index contributed by atoms with van der Waals surface area (Å²) in [6.45, 7) is 21.7. The highest BCUT2D eigenvalue weighted by molar-refractivity contribution is 5.78. The molecule has 49 heavy (non-hydrogen) atoms. The number of carboxylic acids is 1. The predicted octanol–water partition coefficient (Wildman–Crippen LogP) is 9.30. The van der Waals surface area contributed by atoms with Crippen LogP contribution >= 0.6 is 0 Å². The average molecular weight is 677 g/mol. The molecule has 1 amide bonds. The first-order valence-electron chi connectivity index (χ1n) is 20.0. The number of carbonyl (C=O) groups excluding carboxylic acids is 1. The molecule has 5 fully saturated rings. The van der Waals surface area contributed by atoms with Crippen LogP contribution in [0.3, 0.4) is 0 Å². The van der Waals surface area contributed by atoms with E-state index < -0.39 is 18.1 Å². The molecule has 7 aliphatic rings. The van der Waals surface area contributed by atoms with E-state index in [1.165, 1.54) is 68.1 Å². The summed E-state index contributed by atoms with van der Waals surface area (Å²) in [5, 5.41) is 14.0. The maximum Gasteiger partial charge on any atom is 0.312 e. The number of carboxylic acid groups (broad SMARTS) is 1. The van der Waals surface area contributed by atoms with Crippen LogP contribution in [-0.4, -0.2) is 53.7 Å². The summed E-state index contributed by atoms with van der Waals surface area (Å²) >= 11 is 0. The third-order valence-electron chi connectivity index (χ3n) is 17.3. The summed E-state index contributed by atoms with van der Waals surface area (Å²) in [7, 11) is 0. The first-order valence-corrected chi connectivity index (χ1v) is 20.0. The van der Waals surface area contributed by atoms with Crippen LogP contribution in [0.15, 0.2) is 35.5 Å². The van der Waals surface area contributed by atoms with Gasteiger partial charge < -0.3 is 15.3 Å². The number of likely N-dealkylation sites (tertiary alicyclic amines) is 1. The zero-order valence-corrected chi connectivity index (χ0v) is 31.6.